The first kappa shape index (κ1) is 9.27. The Balaban J connectivity index is 2.80. The topological polar surface area (TPSA) is 30.0 Å². The molecule has 14 heavy (non-hydrogen) atoms. The van der Waals surface area contributed by atoms with Crippen LogP contribution in [0.1, 0.15) is 22.3 Å². The molecule has 0 aliphatic carbocycles. The van der Waals surface area contributed by atoms with Gasteiger partial charge in [-0.2, -0.15) is 0 Å². The van der Waals surface area contributed by atoms with Crippen LogP contribution < -0.4 is 0 Å². The molecule has 0 radical (unpaired) electrons. The van der Waals surface area contributed by atoms with Crippen LogP contribution in [0.2, 0.25) is 0 Å². The van der Waals surface area contributed by atoms with Crippen molar-refractivity contribution in [3.05, 3.63) is 28.5 Å². The Morgan fingerprint density at radius 2 is 2.21 bits per heavy atom. The molecule has 2 rings (SSSR count). The fraction of sp³-hybridized carbons (Fsp3) is 0.200. The second-order valence-electron chi connectivity index (χ2n) is 3.06. The van der Waals surface area contributed by atoms with Crippen molar-refractivity contribution in [2.24, 2.45) is 0 Å². The number of carbonyl (C=O) groups excluding carboxylic acids is 1. The molecule has 1 aromatic heterocycles. The van der Waals surface area contributed by atoms with Crippen LogP contribution in [0, 0.1) is 12.7 Å². The number of ketones is 1. The van der Waals surface area contributed by atoms with E-state index in [2.05, 4.69) is 4.98 Å². The zero-order valence-electron chi connectivity index (χ0n) is 7.80. The van der Waals surface area contributed by atoms with E-state index in [0.717, 1.165) is 5.01 Å². The van der Waals surface area contributed by atoms with Crippen molar-refractivity contribution in [1.29, 1.82) is 0 Å². The number of carbonyl (C=O) groups is 1. The van der Waals surface area contributed by atoms with Gasteiger partial charge in [-0.3, -0.25) is 4.79 Å². The average molecular weight is 209 g/mol. The molecule has 0 aliphatic rings. The standard InChI is InChI=1S/C10H8FNOS/c1-5(13)7-3-4-8-10(9(7)11)14-6(2)12-8/h3-4H,1-2H3. The van der Waals surface area contributed by atoms with Crippen LogP contribution in [0.25, 0.3) is 10.2 Å². The van der Waals surface area contributed by atoms with Crippen LogP contribution in [0.3, 0.4) is 0 Å². The number of halogens is 1. The lowest BCUT2D eigenvalue weighted by Gasteiger charge is -1.97. The highest BCUT2D eigenvalue weighted by molar-refractivity contribution is 7.18. The highest BCUT2D eigenvalue weighted by Gasteiger charge is 2.13. The fourth-order valence-corrected chi connectivity index (χ4v) is 2.20. The number of aromatic nitrogens is 1. The van der Waals surface area contributed by atoms with E-state index in [1.165, 1.54) is 24.3 Å². The number of Topliss-reactive ketones (excluding diaryl/α,β-unsaturated/α-hetero) is 1. The minimum Gasteiger partial charge on any atom is -0.294 e. The van der Waals surface area contributed by atoms with E-state index >= 15 is 0 Å². The normalized spacial score (nSPS) is 10.8. The molecular weight excluding hydrogens is 201 g/mol. The molecular formula is C10H8FNOS. The summed E-state index contributed by atoms with van der Waals surface area (Å²) in [5, 5.41) is 0.805. The van der Waals surface area contributed by atoms with Gasteiger partial charge in [0.05, 0.1) is 20.8 Å². The summed E-state index contributed by atoms with van der Waals surface area (Å²) in [6, 6.07) is 3.16. The largest absolute Gasteiger partial charge is 0.294 e. The third-order valence-corrected chi connectivity index (χ3v) is 2.96. The van der Waals surface area contributed by atoms with Gasteiger partial charge in [-0.05, 0) is 26.0 Å². The van der Waals surface area contributed by atoms with Crippen LogP contribution in [-0.2, 0) is 0 Å². The van der Waals surface area contributed by atoms with Crippen molar-refractivity contribution in [2.45, 2.75) is 13.8 Å². The molecule has 4 heteroatoms. The number of nitrogens with zero attached hydrogens (tertiary/aromatic N) is 1. The van der Waals surface area contributed by atoms with E-state index in [1.807, 2.05) is 6.92 Å². The Labute approximate surface area is 84.4 Å². The molecule has 2 aromatic rings. The molecule has 2 nitrogen and oxygen atoms in total. The SMILES string of the molecule is CC(=O)c1ccc2nc(C)sc2c1F. The van der Waals surface area contributed by atoms with Gasteiger partial charge < -0.3 is 0 Å². The maximum atomic E-state index is 13.7. The fourth-order valence-electron chi connectivity index (χ4n) is 1.34. The minimum atomic E-state index is -0.444. The van der Waals surface area contributed by atoms with Gasteiger partial charge >= 0.3 is 0 Å². The predicted octanol–water partition coefficient (Wildman–Crippen LogP) is 2.95. The third kappa shape index (κ3) is 1.32. The average Bonchev–Trinajstić information content (AvgIpc) is 2.46. The van der Waals surface area contributed by atoms with Crippen molar-refractivity contribution in [3.8, 4) is 0 Å². The summed E-state index contributed by atoms with van der Waals surface area (Å²) in [4.78, 5) is 15.2. The predicted molar refractivity (Wildman–Crippen MR) is 54.3 cm³/mol. The summed E-state index contributed by atoms with van der Waals surface area (Å²) < 4.78 is 14.2. The van der Waals surface area contributed by atoms with Crippen LogP contribution in [0.4, 0.5) is 4.39 Å². The van der Waals surface area contributed by atoms with Crippen LogP contribution in [0.15, 0.2) is 12.1 Å². The van der Waals surface area contributed by atoms with Crippen LogP contribution in [0.5, 0.6) is 0 Å². The lowest BCUT2D eigenvalue weighted by molar-refractivity contribution is 0.101. The van der Waals surface area contributed by atoms with Gasteiger partial charge in [-0.1, -0.05) is 0 Å². The number of aryl methyl sites for hydroxylation is 1. The van der Waals surface area contributed by atoms with Gasteiger partial charge in [0.2, 0.25) is 0 Å². The molecule has 0 fully saturated rings. The van der Waals surface area contributed by atoms with E-state index in [0.29, 0.717) is 10.2 Å². The minimum absolute atomic E-state index is 0.140. The summed E-state index contributed by atoms with van der Waals surface area (Å²) in [6.07, 6.45) is 0. The zero-order valence-corrected chi connectivity index (χ0v) is 8.61. The Kier molecular flexibility index (Phi) is 2.07. The number of hydrogen-bond donors (Lipinski definition) is 0. The highest BCUT2D eigenvalue weighted by atomic mass is 32.1. The van der Waals surface area contributed by atoms with E-state index in [-0.39, 0.29) is 11.3 Å². The number of rotatable bonds is 1. The molecule has 0 unspecified atom stereocenters. The monoisotopic (exact) mass is 209 g/mol. The zero-order chi connectivity index (χ0) is 10.3. The van der Waals surface area contributed by atoms with Gasteiger partial charge in [-0.25, -0.2) is 9.37 Å². The molecule has 0 bridgehead atoms. The van der Waals surface area contributed by atoms with Crippen molar-refractivity contribution >= 4 is 27.3 Å². The smallest absolute Gasteiger partial charge is 0.162 e. The quantitative estimate of drug-likeness (QED) is 0.676. The molecule has 0 spiro atoms. The molecule has 0 atom stereocenters. The summed E-state index contributed by atoms with van der Waals surface area (Å²) >= 11 is 1.27. The number of hydrogen-bond acceptors (Lipinski definition) is 3. The second kappa shape index (κ2) is 3.13. The lowest BCUT2D eigenvalue weighted by Crippen LogP contribution is -1.96. The van der Waals surface area contributed by atoms with Crippen LogP contribution in [-0.4, -0.2) is 10.8 Å². The molecule has 1 heterocycles. The first-order chi connectivity index (χ1) is 6.59. The van der Waals surface area contributed by atoms with Crippen molar-refractivity contribution in [2.75, 3.05) is 0 Å². The van der Waals surface area contributed by atoms with E-state index in [9.17, 15) is 9.18 Å². The summed E-state index contributed by atoms with van der Waals surface area (Å²) in [5.74, 6) is -0.698. The Morgan fingerprint density at radius 3 is 2.86 bits per heavy atom. The molecule has 0 amide bonds. The van der Waals surface area contributed by atoms with Gasteiger partial charge in [0, 0.05) is 0 Å². The second-order valence-corrected chi connectivity index (χ2v) is 4.27. The number of thiazole rings is 1. The molecule has 0 aliphatic heterocycles. The Hall–Kier alpha value is -1.29. The van der Waals surface area contributed by atoms with E-state index < -0.39 is 5.82 Å². The maximum Gasteiger partial charge on any atom is 0.162 e. The van der Waals surface area contributed by atoms with Crippen molar-refractivity contribution < 1.29 is 9.18 Å². The summed E-state index contributed by atoms with van der Waals surface area (Å²) in [5.41, 5.74) is 0.760. The van der Waals surface area contributed by atoms with E-state index in [4.69, 9.17) is 0 Å². The molecule has 0 N–H and O–H groups in total. The first-order valence-electron chi connectivity index (χ1n) is 4.16. The van der Waals surface area contributed by atoms with Gasteiger partial charge in [0.25, 0.3) is 0 Å². The number of fused-ring (bicyclic) bond motifs is 1. The third-order valence-electron chi connectivity index (χ3n) is 1.98. The van der Waals surface area contributed by atoms with E-state index in [1.54, 1.807) is 6.07 Å². The van der Waals surface area contributed by atoms with Gasteiger partial charge in [0.1, 0.15) is 0 Å². The van der Waals surface area contributed by atoms with Gasteiger partial charge in [0.15, 0.2) is 11.6 Å². The Morgan fingerprint density at radius 1 is 1.50 bits per heavy atom. The lowest BCUT2D eigenvalue weighted by atomic mass is 10.1. The first-order valence-corrected chi connectivity index (χ1v) is 4.98. The molecule has 0 saturated heterocycles. The summed E-state index contributed by atoms with van der Waals surface area (Å²) in [7, 11) is 0. The van der Waals surface area contributed by atoms with Crippen LogP contribution >= 0.6 is 11.3 Å². The highest BCUT2D eigenvalue weighted by Crippen LogP contribution is 2.26. The van der Waals surface area contributed by atoms with Crippen molar-refractivity contribution in [3.63, 3.8) is 0 Å². The molecule has 72 valence electrons. The Bertz CT molecular complexity index is 518. The summed E-state index contributed by atoms with van der Waals surface area (Å²) in [6.45, 7) is 3.18. The molecule has 1 aromatic carbocycles. The van der Waals surface area contributed by atoms with Gasteiger partial charge in [-0.15, -0.1) is 11.3 Å². The van der Waals surface area contributed by atoms with Crippen molar-refractivity contribution in [1.82, 2.24) is 4.98 Å². The molecule has 0 saturated carbocycles. The maximum absolute atomic E-state index is 13.7. The number of benzene rings is 1.